The molecule has 1 saturated heterocycles. The number of H-pyrrole nitrogens is 1. The number of hydrogen-bond donors (Lipinski definition) is 2. The van der Waals surface area contributed by atoms with Crippen molar-refractivity contribution < 1.29 is 9.18 Å². The number of benzene rings is 1. The van der Waals surface area contributed by atoms with Gasteiger partial charge in [-0.1, -0.05) is 31.0 Å². The minimum atomic E-state index is -0.279. The lowest BCUT2D eigenvalue weighted by Crippen LogP contribution is -2.37. The Morgan fingerprint density at radius 1 is 1.15 bits per heavy atom. The Morgan fingerprint density at radius 3 is 2.71 bits per heavy atom. The van der Waals surface area contributed by atoms with Gasteiger partial charge < -0.3 is 15.1 Å². The van der Waals surface area contributed by atoms with Crippen LogP contribution in [0.3, 0.4) is 0 Å². The van der Waals surface area contributed by atoms with Crippen LogP contribution in [0.15, 0.2) is 48.7 Å². The zero-order valence-electron chi connectivity index (χ0n) is 19.8. The third-order valence-corrected chi connectivity index (χ3v) is 6.22. The van der Waals surface area contributed by atoms with Crippen molar-refractivity contribution in [2.45, 2.75) is 45.1 Å². The number of aromatic nitrogens is 3. The first-order chi connectivity index (χ1) is 16.6. The summed E-state index contributed by atoms with van der Waals surface area (Å²) < 4.78 is 13.4. The van der Waals surface area contributed by atoms with Crippen molar-refractivity contribution in [1.29, 1.82) is 0 Å². The summed E-state index contributed by atoms with van der Waals surface area (Å²) in [6.45, 7) is 3.21. The molecule has 1 aliphatic rings. The zero-order valence-corrected chi connectivity index (χ0v) is 19.8. The van der Waals surface area contributed by atoms with E-state index in [1.165, 1.54) is 37.8 Å². The molecule has 2 aromatic heterocycles. The van der Waals surface area contributed by atoms with Crippen LogP contribution in [0.1, 0.15) is 43.4 Å². The van der Waals surface area contributed by atoms with Crippen LogP contribution >= 0.6 is 0 Å². The largest absolute Gasteiger partial charge is 0.357 e. The molecular formula is C26H33FN6O. The van der Waals surface area contributed by atoms with Gasteiger partial charge in [0.05, 0.1) is 5.69 Å². The van der Waals surface area contributed by atoms with E-state index in [0.29, 0.717) is 13.1 Å². The Balaban J connectivity index is 1.19. The monoisotopic (exact) mass is 464 g/mol. The van der Waals surface area contributed by atoms with Crippen molar-refractivity contribution in [2.24, 2.45) is 0 Å². The zero-order chi connectivity index (χ0) is 23.8. The van der Waals surface area contributed by atoms with Gasteiger partial charge in [-0.05, 0) is 55.5 Å². The van der Waals surface area contributed by atoms with Crippen LogP contribution in [0.5, 0.6) is 0 Å². The highest BCUT2D eigenvalue weighted by molar-refractivity contribution is 5.73. The van der Waals surface area contributed by atoms with Crippen molar-refractivity contribution in [3.63, 3.8) is 0 Å². The van der Waals surface area contributed by atoms with E-state index >= 15 is 0 Å². The predicted octanol–water partition coefficient (Wildman–Crippen LogP) is 4.77. The molecule has 4 rings (SSSR count). The molecule has 0 bridgehead atoms. The first-order valence-corrected chi connectivity index (χ1v) is 12.1. The van der Waals surface area contributed by atoms with Gasteiger partial charge in [0.15, 0.2) is 0 Å². The summed E-state index contributed by atoms with van der Waals surface area (Å²) in [5.74, 6) is 0.743. The third kappa shape index (κ3) is 6.56. The summed E-state index contributed by atoms with van der Waals surface area (Å²) >= 11 is 0. The Morgan fingerprint density at radius 2 is 1.97 bits per heavy atom. The van der Waals surface area contributed by atoms with Crippen LogP contribution in [0.4, 0.5) is 15.0 Å². The van der Waals surface area contributed by atoms with Crippen molar-refractivity contribution in [1.82, 2.24) is 25.4 Å². The number of halogens is 1. The Bertz CT molecular complexity index is 1060. The molecule has 180 valence electrons. The van der Waals surface area contributed by atoms with E-state index in [-0.39, 0.29) is 11.8 Å². The quantitative estimate of drug-likeness (QED) is 0.504. The summed E-state index contributed by atoms with van der Waals surface area (Å²) in [6.07, 6.45) is 8.44. The van der Waals surface area contributed by atoms with Gasteiger partial charge in [-0.25, -0.2) is 14.2 Å². The first-order valence-electron chi connectivity index (χ1n) is 12.1. The van der Waals surface area contributed by atoms with Crippen LogP contribution in [-0.2, 0) is 13.0 Å². The molecule has 7 nitrogen and oxygen atoms in total. The van der Waals surface area contributed by atoms with Gasteiger partial charge in [0.25, 0.3) is 0 Å². The smallest absolute Gasteiger partial charge is 0.317 e. The number of carbonyl (C=O) groups is 1. The maximum Gasteiger partial charge on any atom is 0.317 e. The average Bonchev–Trinajstić information content (AvgIpc) is 3.16. The second-order valence-electron chi connectivity index (χ2n) is 8.90. The summed E-state index contributed by atoms with van der Waals surface area (Å²) in [4.78, 5) is 21.1. The molecule has 34 heavy (non-hydrogen) atoms. The Labute approximate surface area is 200 Å². The third-order valence-electron chi connectivity index (χ3n) is 6.22. The molecule has 0 aliphatic carbocycles. The lowest BCUT2D eigenvalue weighted by Gasteiger charge is -2.21. The van der Waals surface area contributed by atoms with Gasteiger partial charge in [-0.15, -0.1) is 0 Å². The van der Waals surface area contributed by atoms with Crippen molar-refractivity contribution in [3.05, 3.63) is 65.7 Å². The molecule has 0 unspecified atom stereocenters. The van der Waals surface area contributed by atoms with Gasteiger partial charge in [0, 0.05) is 50.7 Å². The van der Waals surface area contributed by atoms with E-state index in [4.69, 9.17) is 0 Å². The number of hydrogen-bond acceptors (Lipinski definition) is 4. The van der Waals surface area contributed by atoms with Gasteiger partial charge >= 0.3 is 6.03 Å². The summed E-state index contributed by atoms with van der Waals surface area (Å²) in [7, 11) is 1.79. The number of nitrogens with zero attached hydrogens (tertiary/aromatic N) is 4. The molecule has 3 heterocycles. The fourth-order valence-corrected chi connectivity index (χ4v) is 4.21. The molecule has 2 N–H and O–H groups in total. The number of aromatic amines is 1. The van der Waals surface area contributed by atoms with E-state index in [0.717, 1.165) is 54.3 Å². The van der Waals surface area contributed by atoms with Crippen molar-refractivity contribution in [3.8, 4) is 11.3 Å². The molecule has 0 radical (unpaired) electrons. The number of nitrogens with one attached hydrogen (secondary N) is 2. The minimum absolute atomic E-state index is 0.110. The van der Waals surface area contributed by atoms with Crippen molar-refractivity contribution >= 4 is 11.8 Å². The van der Waals surface area contributed by atoms with Crippen LogP contribution in [0.2, 0.25) is 0 Å². The summed E-state index contributed by atoms with van der Waals surface area (Å²) in [5, 5.41) is 10.2. The fourth-order valence-electron chi connectivity index (χ4n) is 4.21. The number of rotatable bonds is 8. The number of aryl methyl sites for hydroxylation is 1. The molecule has 1 aliphatic heterocycles. The van der Waals surface area contributed by atoms with Gasteiger partial charge in [0.2, 0.25) is 0 Å². The highest BCUT2D eigenvalue weighted by Crippen LogP contribution is 2.19. The molecule has 3 aromatic rings. The second-order valence-corrected chi connectivity index (χ2v) is 8.90. The minimum Gasteiger partial charge on any atom is -0.357 e. The van der Waals surface area contributed by atoms with E-state index in [2.05, 4.69) is 31.5 Å². The molecular weight excluding hydrogens is 431 g/mol. The topological polar surface area (TPSA) is 77.2 Å². The number of urea groups is 1. The first kappa shape index (κ1) is 23.7. The number of carbonyl (C=O) groups excluding carboxylic acids is 1. The van der Waals surface area contributed by atoms with Gasteiger partial charge in [-0.3, -0.25) is 5.10 Å². The van der Waals surface area contributed by atoms with E-state index in [1.807, 2.05) is 24.4 Å². The number of anilines is 1. The van der Waals surface area contributed by atoms with Crippen LogP contribution < -0.4 is 10.2 Å². The van der Waals surface area contributed by atoms with Gasteiger partial charge in [-0.2, -0.15) is 5.10 Å². The highest BCUT2D eigenvalue weighted by atomic mass is 19.1. The molecule has 1 fully saturated rings. The summed E-state index contributed by atoms with van der Waals surface area (Å²) in [6, 6.07) is 12.3. The van der Waals surface area contributed by atoms with Crippen molar-refractivity contribution in [2.75, 3.05) is 31.6 Å². The van der Waals surface area contributed by atoms with Gasteiger partial charge in [0.1, 0.15) is 11.6 Å². The van der Waals surface area contributed by atoms with Crippen LogP contribution in [0.25, 0.3) is 11.3 Å². The second kappa shape index (κ2) is 11.6. The maximum atomic E-state index is 13.4. The SMILES string of the molecule is CN(CCCc1cc(-c2cccc(F)c2)n[nH]1)C(=O)NCc1ccc(N2CCCCCC2)nc1. The number of amides is 2. The van der Waals surface area contributed by atoms with Crippen LogP contribution in [-0.4, -0.2) is 52.8 Å². The number of pyridine rings is 1. The lowest BCUT2D eigenvalue weighted by molar-refractivity contribution is 0.208. The molecule has 8 heteroatoms. The lowest BCUT2D eigenvalue weighted by atomic mass is 10.1. The maximum absolute atomic E-state index is 13.4. The predicted molar refractivity (Wildman–Crippen MR) is 132 cm³/mol. The fraction of sp³-hybridized carbons (Fsp3) is 0.423. The molecule has 2 amide bonds. The Kier molecular flexibility index (Phi) is 8.12. The normalized spacial score (nSPS) is 14.0. The van der Waals surface area contributed by atoms with E-state index in [1.54, 1.807) is 18.0 Å². The average molecular weight is 465 g/mol. The van der Waals surface area contributed by atoms with Crippen LogP contribution in [0, 0.1) is 5.82 Å². The highest BCUT2D eigenvalue weighted by Gasteiger charge is 2.12. The molecule has 0 spiro atoms. The molecule has 1 aromatic carbocycles. The summed E-state index contributed by atoms with van der Waals surface area (Å²) in [5.41, 5.74) is 3.41. The molecule has 0 atom stereocenters. The Hall–Kier alpha value is -3.42. The molecule has 0 saturated carbocycles. The van der Waals surface area contributed by atoms with E-state index in [9.17, 15) is 9.18 Å². The van der Waals surface area contributed by atoms with E-state index < -0.39 is 0 Å². The standard InChI is InChI=1S/C26H33FN6O/c1-32(13-7-10-23-17-24(31-30-23)21-8-6-9-22(27)16-21)26(34)29-19-20-11-12-25(28-18-20)33-14-4-2-3-5-15-33/h6,8-9,11-12,16-18H,2-5,7,10,13-15,19H2,1H3,(H,29,34)(H,30,31).